The molecule has 2 N–H and O–H groups in total. The van der Waals surface area contributed by atoms with Crippen molar-refractivity contribution in [3.8, 4) is 11.3 Å². The molecule has 0 aliphatic rings. The molecule has 1 aromatic carbocycles. The molecular weight excluding hydrogens is 307 g/mol. The van der Waals surface area contributed by atoms with E-state index in [2.05, 4.69) is 4.37 Å². The molecule has 0 atom stereocenters. The lowest BCUT2D eigenvalue weighted by molar-refractivity contribution is 0.0533. The average Bonchev–Trinajstić information content (AvgIpc) is 2.72. The third-order valence-corrected chi connectivity index (χ3v) is 3.86. The largest absolute Gasteiger partial charge is 0.462 e. The zero-order valence-corrected chi connectivity index (χ0v) is 12.3. The highest BCUT2D eigenvalue weighted by Crippen LogP contribution is 2.39. The van der Waals surface area contributed by atoms with E-state index in [4.69, 9.17) is 33.7 Å². The topological polar surface area (TPSA) is 65.2 Å². The summed E-state index contributed by atoms with van der Waals surface area (Å²) in [6, 6.07) is 5.10. The molecule has 0 amide bonds. The number of benzene rings is 1. The smallest absolute Gasteiger partial charge is 0.352 e. The van der Waals surface area contributed by atoms with Crippen molar-refractivity contribution < 1.29 is 9.53 Å². The Balaban J connectivity index is 2.51. The zero-order valence-electron chi connectivity index (χ0n) is 9.94. The Bertz CT molecular complexity index is 608. The molecule has 0 spiro atoms. The van der Waals surface area contributed by atoms with Crippen molar-refractivity contribution in [3.63, 3.8) is 0 Å². The van der Waals surface area contributed by atoms with Crippen LogP contribution in [0.5, 0.6) is 0 Å². The number of ether oxygens (including phenoxy) is 1. The van der Waals surface area contributed by atoms with Gasteiger partial charge in [0.2, 0.25) is 0 Å². The van der Waals surface area contributed by atoms with Gasteiger partial charge < -0.3 is 10.5 Å². The number of hydrogen-bond acceptors (Lipinski definition) is 5. The van der Waals surface area contributed by atoms with Crippen LogP contribution in [-0.4, -0.2) is 16.9 Å². The first kappa shape index (κ1) is 14.1. The van der Waals surface area contributed by atoms with Crippen LogP contribution < -0.4 is 5.73 Å². The number of nitrogen functional groups attached to an aromatic ring is 1. The minimum absolute atomic E-state index is 0.235. The van der Waals surface area contributed by atoms with Crippen LogP contribution in [0.3, 0.4) is 0 Å². The van der Waals surface area contributed by atoms with E-state index in [1.54, 1.807) is 25.1 Å². The van der Waals surface area contributed by atoms with E-state index >= 15 is 0 Å². The first-order valence-corrected chi connectivity index (χ1v) is 6.95. The van der Waals surface area contributed by atoms with Gasteiger partial charge in [-0.05, 0) is 30.6 Å². The van der Waals surface area contributed by atoms with Crippen molar-refractivity contribution >= 4 is 46.4 Å². The Labute approximate surface area is 124 Å². The van der Waals surface area contributed by atoms with Crippen molar-refractivity contribution in [2.45, 2.75) is 6.92 Å². The van der Waals surface area contributed by atoms with Gasteiger partial charge in [-0.3, -0.25) is 0 Å². The van der Waals surface area contributed by atoms with Crippen LogP contribution in [-0.2, 0) is 4.74 Å². The van der Waals surface area contributed by atoms with Gasteiger partial charge >= 0.3 is 5.97 Å². The van der Waals surface area contributed by atoms with Crippen molar-refractivity contribution in [2.24, 2.45) is 0 Å². The summed E-state index contributed by atoms with van der Waals surface area (Å²) in [7, 11) is 0. The van der Waals surface area contributed by atoms with Gasteiger partial charge in [0.05, 0.1) is 22.3 Å². The minimum atomic E-state index is -0.494. The van der Waals surface area contributed by atoms with Gasteiger partial charge in [-0.1, -0.05) is 29.3 Å². The fourth-order valence-electron chi connectivity index (χ4n) is 1.55. The maximum atomic E-state index is 11.7. The Kier molecular flexibility index (Phi) is 4.29. The van der Waals surface area contributed by atoms with Gasteiger partial charge in [-0.25, -0.2) is 4.79 Å². The fraction of sp³-hybridized carbons (Fsp3) is 0.167. The lowest BCUT2D eigenvalue weighted by Gasteiger charge is -2.05. The molecule has 0 fully saturated rings. The van der Waals surface area contributed by atoms with Crippen LogP contribution in [0, 0.1) is 0 Å². The number of nitrogens with two attached hydrogens (primary N) is 1. The SMILES string of the molecule is CCOC(=O)c1snc(-c2c(Cl)cccc2Cl)c1N. The Morgan fingerprint density at radius 2 is 2.05 bits per heavy atom. The van der Waals surface area contributed by atoms with Crippen molar-refractivity contribution in [3.05, 3.63) is 33.1 Å². The number of halogens is 2. The second-order valence-corrected chi connectivity index (χ2v) is 5.18. The van der Waals surface area contributed by atoms with E-state index < -0.39 is 5.97 Å². The first-order chi connectivity index (χ1) is 9.06. The predicted molar refractivity (Wildman–Crippen MR) is 77.9 cm³/mol. The molecule has 0 radical (unpaired) electrons. The second-order valence-electron chi connectivity index (χ2n) is 3.59. The monoisotopic (exact) mass is 316 g/mol. The highest BCUT2D eigenvalue weighted by atomic mass is 35.5. The fourth-order valence-corrected chi connectivity index (χ4v) is 2.82. The van der Waals surface area contributed by atoms with Crippen LogP contribution in [0.25, 0.3) is 11.3 Å². The van der Waals surface area contributed by atoms with Gasteiger partial charge in [0.15, 0.2) is 4.88 Å². The molecule has 2 aromatic rings. The van der Waals surface area contributed by atoms with Gasteiger partial charge in [-0.15, -0.1) is 0 Å². The van der Waals surface area contributed by atoms with Crippen LogP contribution >= 0.6 is 34.7 Å². The predicted octanol–water partition coefficient (Wildman–Crippen LogP) is 3.88. The number of nitrogens with zero attached hydrogens (tertiary/aromatic N) is 1. The van der Waals surface area contributed by atoms with E-state index in [0.29, 0.717) is 21.3 Å². The third kappa shape index (κ3) is 2.68. The van der Waals surface area contributed by atoms with Crippen LogP contribution in [0.2, 0.25) is 10.0 Å². The maximum Gasteiger partial charge on any atom is 0.352 e. The van der Waals surface area contributed by atoms with Crippen molar-refractivity contribution in [2.75, 3.05) is 12.3 Å². The standard InChI is InChI=1S/C12H10Cl2N2O2S/c1-2-18-12(17)11-9(15)10(16-19-11)8-6(13)4-3-5-7(8)14/h3-5H,2,15H2,1H3. The van der Waals surface area contributed by atoms with Crippen LogP contribution in [0.1, 0.15) is 16.6 Å². The van der Waals surface area contributed by atoms with E-state index in [-0.39, 0.29) is 17.2 Å². The lowest BCUT2D eigenvalue weighted by Crippen LogP contribution is -2.05. The minimum Gasteiger partial charge on any atom is -0.462 e. The second kappa shape index (κ2) is 5.77. The zero-order chi connectivity index (χ0) is 14.0. The molecule has 1 heterocycles. The Morgan fingerprint density at radius 3 is 2.63 bits per heavy atom. The number of esters is 1. The van der Waals surface area contributed by atoms with Crippen LogP contribution in [0.15, 0.2) is 18.2 Å². The summed E-state index contributed by atoms with van der Waals surface area (Å²) in [6.45, 7) is 2.00. The molecular formula is C12H10Cl2N2O2S. The maximum absolute atomic E-state index is 11.7. The summed E-state index contributed by atoms with van der Waals surface area (Å²) in [6.07, 6.45) is 0. The third-order valence-electron chi connectivity index (χ3n) is 2.39. The van der Waals surface area contributed by atoms with Crippen molar-refractivity contribution in [1.29, 1.82) is 0 Å². The van der Waals surface area contributed by atoms with Crippen molar-refractivity contribution in [1.82, 2.24) is 4.37 Å². The number of anilines is 1. The molecule has 7 heteroatoms. The summed E-state index contributed by atoms with van der Waals surface area (Å²) in [5, 5.41) is 0.861. The molecule has 1 aromatic heterocycles. The molecule has 0 saturated heterocycles. The van der Waals surface area contributed by atoms with Gasteiger partial charge in [0.1, 0.15) is 5.69 Å². The quantitative estimate of drug-likeness (QED) is 0.873. The van der Waals surface area contributed by atoms with Gasteiger partial charge in [-0.2, -0.15) is 4.37 Å². The number of carbonyl (C=O) groups excluding carboxylic acids is 1. The van der Waals surface area contributed by atoms with Crippen LogP contribution in [0.4, 0.5) is 5.69 Å². The highest BCUT2D eigenvalue weighted by Gasteiger charge is 2.22. The van der Waals surface area contributed by atoms with E-state index in [9.17, 15) is 4.79 Å². The molecule has 0 aliphatic carbocycles. The average molecular weight is 317 g/mol. The lowest BCUT2D eigenvalue weighted by atomic mass is 10.1. The van der Waals surface area contributed by atoms with Gasteiger partial charge in [0.25, 0.3) is 0 Å². The highest BCUT2D eigenvalue weighted by molar-refractivity contribution is 7.09. The summed E-state index contributed by atoms with van der Waals surface area (Å²) in [4.78, 5) is 11.9. The van der Waals surface area contributed by atoms with E-state index in [0.717, 1.165) is 11.5 Å². The Morgan fingerprint density at radius 1 is 1.42 bits per heavy atom. The number of rotatable bonds is 3. The normalized spacial score (nSPS) is 10.5. The molecule has 2 rings (SSSR count). The summed E-state index contributed by atoms with van der Waals surface area (Å²) < 4.78 is 9.06. The number of hydrogen-bond donors (Lipinski definition) is 1. The summed E-state index contributed by atoms with van der Waals surface area (Å²) in [5.74, 6) is -0.494. The molecule has 100 valence electrons. The van der Waals surface area contributed by atoms with E-state index in [1.807, 2.05) is 0 Å². The molecule has 0 bridgehead atoms. The molecule has 0 saturated carbocycles. The number of aromatic nitrogens is 1. The summed E-state index contributed by atoms with van der Waals surface area (Å²) >= 11 is 13.2. The first-order valence-electron chi connectivity index (χ1n) is 5.42. The summed E-state index contributed by atoms with van der Waals surface area (Å²) in [5.41, 5.74) is 7.10. The molecule has 0 unspecified atom stereocenters. The van der Waals surface area contributed by atoms with E-state index in [1.165, 1.54) is 0 Å². The molecule has 19 heavy (non-hydrogen) atoms. The molecule has 0 aliphatic heterocycles. The molecule has 4 nitrogen and oxygen atoms in total. The Hall–Kier alpha value is -1.30. The number of carbonyl (C=O) groups is 1. The van der Waals surface area contributed by atoms with Gasteiger partial charge in [0, 0.05) is 5.56 Å².